The Balaban J connectivity index is 1.48. The number of piperidine rings is 1. The molecule has 0 bridgehead atoms. The molecule has 1 heterocycles. The smallest absolute Gasteiger partial charge is 0.335 e. The fourth-order valence-electron chi connectivity index (χ4n) is 4.07. The highest BCUT2D eigenvalue weighted by Gasteiger charge is 2.50. The molecule has 1 spiro atoms. The lowest BCUT2D eigenvalue weighted by molar-refractivity contribution is -0.125. The summed E-state index contributed by atoms with van der Waals surface area (Å²) in [6, 6.07) is 5.32. The van der Waals surface area contributed by atoms with Gasteiger partial charge >= 0.3 is 5.97 Å². The number of carboxylic acids is 1. The Bertz CT molecular complexity index is 705. The number of amides is 1. The summed E-state index contributed by atoms with van der Waals surface area (Å²) < 4.78 is 0. The number of carbonyl (C=O) groups is 2. The molecule has 5 nitrogen and oxygen atoms in total. The van der Waals surface area contributed by atoms with E-state index in [1.54, 1.807) is 6.07 Å². The monoisotopic (exact) mass is 328 g/mol. The normalized spacial score (nSPS) is 26.0. The van der Waals surface area contributed by atoms with Crippen LogP contribution in [0, 0.1) is 12.3 Å². The summed E-state index contributed by atoms with van der Waals surface area (Å²) in [6.07, 6.45) is 6.51. The average Bonchev–Trinajstić information content (AvgIpc) is 3.46. The lowest BCUT2D eigenvalue weighted by Crippen LogP contribution is -2.51. The van der Waals surface area contributed by atoms with E-state index in [4.69, 9.17) is 5.11 Å². The molecule has 1 atom stereocenters. The molecule has 1 unspecified atom stereocenters. The summed E-state index contributed by atoms with van der Waals surface area (Å²) in [5.74, 6) is -0.812. The van der Waals surface area contributed by atoms with Crippen LogP contribution in [0.1, 0.15) is 60.0 Å². The number of benzene rings is 1. The molecule has 0 aromatic heterocycles. The van der Waals surface area contributed by atoms with Crippen molar-refractivity contribution >= 4 is 11.9 Å². The third-order valence-corrected chi connectivity index (χ3v) is 6.08. The van der Waals surface area contributed by atoms with Crippen LogP contribution in [0.15, 0.2) is 18.2 Å². The summed E-state index contributed by atoms with van der Waals surface area (Å²) in [7, 11) is 0. The zero-order valence-corrected chi connectivity index (χ0v) is 14.0. The summed E-state index contributed by atoms with van der Waals surface area (Å²) in [5.41, 5.74) is 2.23. The number of aromatic carboxylic acids is 1. The van der Waals surface area contributed by atoms with Crippen molar-refractivity contribution in [2.45, 2.75) is 57.0 Å². The van der Waals surface area contributed by atoms with E-state index in [9.17, 15) is 9.59 Å². The molecule has 2 aliphatic carbocycles. The van der Waals surface area contributed by atoms with Gasteiger partial charge in [-0.1, -0.05) is 12.1 Å². The molecule has 2 saturated carbocycles. The van der Waals surface area contributed by atoms with Crippen molar-refractivity contribution in [1.29, 1.82) is 0 Å². The van der Waals surface area contributed by atoms with Crippen LogP contribution in [0.25, 0.3) is 0 Å². The lowest BCUT2D eigenvalue weighted by Gasteiger charge is -2.31. The fourth-order valence-corrected chi connectivity index (χ4v) is 4.07. The van der Waals surface area contributed by atoms with Crippen LogP contribution >= 0.6 is 0 Å². The molecule has 128 valence electrons. The third-order valence-electron chi connectivity index (χ3n) is 6.08. The number of nitrogens with one attached hydrogen (secondary N) is 2. The van der Waals surface area contributed by atoms with E-state index in [1.165, 1.54) is 19.3 Å². The Morgan fingerprint density at radius 1 is 1.21 bits per heavy atom. The molecule has 1 amide bonds. The van der Waals surface area contributed by atoms with E-state index in [0.29, 0.717) is 11.0 Å². The van der Waals surface area contributed by atoms with Crippen LogP contribution in [0.2, 0.25) is 0 Å². The van der Waals surface area contributed by atoms with Crippen molar-refractivity contribution in [1.82, 2.24) is 10.6 Å². The second kappa shape index (κ2) is 5.31. The van der Waals surface area contributed by atoms with Crippen molar-refractivity contribution < 1.29 is 14.7 Å². The quantitative estimate of drug-likeness (QED) is 0.793. The fraction of sp³-hybridized carbons (Fsp3) is 0.579. The molecule has 4 rings (SSSR count). The first kappa shape index (κ1) is 15.6. The maximum Gasteiger partial charge on any atom is 0.335 e. The van der Waals surface area contributed by atoms with Crippen LogP contribution in [0.5, 0.6) is 0 Å². The Kier molecular flexibility index (Phi) is 3.46. The van der Waals surface area contributed by atoms with E-state index in [-0.39, 0.29) is 17.5 Å². The maximum absolute atomic E-state index is 12.7. The molecular weight excluding hydrogens is 304 g/mol. The molecule has 3 fully saturated rings. The molecule has 24 heavy (non-hydrogen) atoms. The third kappa shape index (κ3) is 2.71. The Hall–Kier alpha value is -1.88. The van der Waals surface area contributed by atoms with Gasteiger partial charge in [-0.3, -0.25) is 4.79 Å². The van der Waals surface area contributed by atoms with Crippen molar-refractivity contribution in [3.05, 3.63) is 34.9 Å². The largest absolute Gasteiger partial charge is 0.478 e. The highest BCUT2D eigenvalue weighted by molar-refractivity contribution is 5.89. The van der Waals surface area contributed by atoms with E-state index >= 15 is 0 Å². The second-order valence-electron chi connectivity index (χ2n) is 7.87. The van der Waals surface area contributed by atoms with Gasteiger partial charge in [0, 0.05) is 0 Å². The number of carbonyl (C=O) groups excluding carboxylic acids is 1. The topological polar surface area (TPSA) is 78.4 Å². The first-order valence-electron chi connectivity index (χ1n) is 8.83. The summed E-state index contributed by atoms with van der Waals surface area (Å²) in [4.78, 5) is 23.9. The van der Waals surface area contributed by atoms with Crippen molar-refractivity contribution in [3.8, 4) is 0 Å². The Morgan fingerprint density at radius 3 is 2.54 bits per heavy atom. The van der Waals surface area contributed by atoms with Crippen LogP contribution < -0.4 is 10.6 Å². The lowest BCUT2D eigenvalue weighted by atomic mass is 9.88. The number of rotatable bonds is 4. The van der Waals surface area contributed by atoms with Gasteiger partial charge in [-0.15, -0.1) is 0 Å². The molecule has 1 aliphatic heterocycles. The van der Waals surface area contributed by atoms with Gasteiger partial charge in [-0.2, -0.15) is 0 Å². The molecule has 1 aromatic carbocycles. The maximum atomic E-state index is 12.7. The molecule has 0 radical (unpaired) electrons. The highest BCUT2D eigenvalue weighted by Crippen LogP contribution is 2.54. The van der Waals surface area contributed by atoms with Gasteiger partial charge in [0.1, 0.15) is 0 Å². The van der Waals surface area contributed by atoms with E-state index < -0.39 is 5.97 Å². The molecule has 1 aromatic rings. The standard InChI is InChI=1S/C19H24N2O3/c1-12-10-13(2-3-14(12)17(23)24)19(6-7-19)21-16(22)15-11-18(4-5-18)8-9-20-15/h2-3,10,15,20H,4-9,11H2,1H3,(H,21,22)(H,23,24). The average molecular weight is 328 g/mol. The van der Waals surface area contributed by atoms with E-state index in [2.05, 4.69) is 10.6 Å². The molecular formula is C19H24N2O3. The van der Waals surface area contributed by atoms with Gasteiger partial charge in [-0.25, -0.2) is 4.79 Å². The van der Waals surface area contributed by atoms with Gasteiger partial charge < -0.3 is 15.7 Å². The number of hydrogen-bond donors (Lipinski definition) is 3. The predicted octanol–water partition coefficient (Wildman–Crippen LogP) is 2.33. The number of carboxylic acid groups (broad SMARTS) is 1. The Labute approximate surface area is 141 Å². The Morgan fingerprint density at radius 2 is 1.96 bits per heavy atom. The van der Waals surface area contributed by atoms with Gasteiger partial charge in [0.25, 0.3) is 0 Å². The molecule has 3 N–H and O–H groups in total. The van der Waals surface area contributed by atoms with Crippen molar-refractivity contribution in [2.75, 3.05) is 6.54 Å². The SMILES string of the molecule is Cc1cc(C2(NC(=O)C3CC4(CCN3)CC4)CC2)ccc1C(=O)O. The minimum absolute atomic E-state index is 0.0851. The number of hydrogen-bond acceptors (Lipinski definition) is 3. The zero-order chi connectivity index (χ0) is 16.9. The van der Waals surface area contributed by atoms with Gasteiger partial charge in [0.2, 0.25) is 5.91 Å². The first-order valence-corrected chi connectivity index (χ1v) is 8.83. The zero-order valence-electron chi connectivity index (χ0n) is 14.0. The summed E-state index contributed by atoms with van der Waals surface area (Å²) >= 11 is 0. The summed E-state index contributed by atoms with van der Waals surface area (Å²) in [6.45, 7) is 2.74. The minimum Gasteiger partial charge on any atom is -0.478 e. The van der Waals surface area contributed by atoms with Crippen LogP contribution in [-0.2, 0) is 10.3 Å². The second-order valence-corrected chi connectivity index (χ2v) is 7.87. The summed E-state index contributed by atoms with van der Waals surface area (Å²) in [5, 5.41) is 15.8. The van der Waals surface area contributed by atoms with Crippen molar-refractivity contribution in [2.24, 2.45) is 5.41 Å². The number of aryl methyl sites for hydroxylation is 1. The first-order chi connectivity index (χ1) is 11.4. The molecule has 5 heteroatoms. The predicted molar refractivity (Wildman–Crippen MR) is 89.9 cm³/mol. The van der Waals surface area contributed by atoms with E-state index in [0.717, 1.165) is 36.9 Å². The van der Waals surface area contributed by atoms with Crippen LogP contribution in [-0.4, -0.2) is 29.6 Å². The van der Waals surface area contributed by atoms with Crippen LogP contribution in [0.3, 0.4) is 0 Å². The van der Waals surface area contributed by atoms with Gasteiger partial charge in [-0.05, 0) is 74.6 Å². The van der Waals surface area contributed by atoms with Crippen molar-refractivity contribution in [3.63, 3.8) is 0 Å². The van der Waals surface area contributed by atoms with Gasteiger partial charge in [0.15, 0.2) is 0 Å². The molecule has 1 saturated heterocycles. The molecule has 3 aliphatic rings. The minimum atomic E-state index is -0.908. The highest BCUT2D eigenvalue weighted by atomic mass is 16.4. The van der Waals surface area contributed by atoms with E-state index in [1.807, 2.05) is 19.1 Å². The van der Waals surface area contributed by atoms with Crippen LogP contribution in [0.4, 0.5) is 0 Å². The van der Waals surface area contributed by atoms with Gasteiger partial charge in [0.05, 0.1) is 17.1 Å².